The van der Waals surface area contributed by atoms with Gasteiger partial charge in [0.05, 0.1) is 15.9 Å². The average molecular weight is 291 g/mol. The van der Waals surface area contributed by atoms with Gasteiger partial charge in [0.15, 0.2) is 5.13 Å². The quantitative estimate of drug-likeness (QED) is 0.747. The lowest BCUT2D eigenvalue weighted by Crippen LogP contribution is -1.89. The Hall–Kier alpha value is -1.66. The molecule has 0 saturated carbocycles. The van der Waals surface area contributed by atoms with Crippen molar-refractivity contribution in [3.8, 4) is 0 Å². The number of nitrogens with two attached hydrogens (primary N) is 1. The standard InChI is InChI=1S/C13H10FN3S2/c14-10-4-8-2-1-3-16-12(8)9(5-10)7-18-11-6-17-13(15)19-11/h1-6H,7H2,(H2,15,17). The highest BCUT2D eigenvalue weighted by Gasteiger charge is 2.07. The van der Waals surface area contributed by atoms with Gasteiger partial charge in [-0.05, 0) is 23.8 Å². The van der Waals surface area contributed by atoms with Crippen LogP contribution < -0.4 is 5.73 Å². The van der Waals surface area contributed by atoms with Gasteiger partial charge in [-0.2, -0.15) is 0 Å². The van der Waals surface area contributed by atoms with E-state index in [9.17, 15) is 4.39 Å². The van der Waals surface area contributed by atoms with Crippen LogP contribution in [0.2, 0.25) is 0 Å². The minimum absolute atomic E-state index is 0.236. The fourth-order valence-electron chi connectivity index (χ4n) is 1.83. The second-order valence-electron chi connectivity index (χ2n) is 3.95. The Bertz CT molecular complexity index is 727. The van der Waals surface area contributed by atoms with Crippen LogP contribution in [0.25, 0.3) is 10.9 Å². The molecular weight excluding hydrogens is 281 g/mol. The number of halogens is 1. The third-order valence-electron chi connectivity index (χ3n) is 2.62. The van der Waals surface area contributed by atoms with E-state index < -0.39 is 0 Å². The van der Waals surface area contributed by atoms with Gasteiger partial charge in [-0.25, -0.2) is 9.37 Å². The molecule has 0 radical (unpaired) electrons. The lowest BCUT2D eigenvalue weighted by Gasteiger charge is -2.05. The first-order valence-corrected chi connectivity index (χ1v) is 7.40. The van der Waals surface area contributed by atoms with Crippen LogP contribution in [0, 0.1) is 5.82 Å². The molecule has 3 aromatic rings. The molecule has 1 aromatic carbocycles. The van der Waals surface area contributed by atoms with Crippen molar-refractivity contribution in [2.45, 2.75) is 9.96 Å². The van der Waals surface area contributed by atoms with E-state index in [0.717, 1.165) is 20.7 Å². The number of hydrogen-bond donors (Lipinski definition) is 1. The SMILES string of the molecule is Nc1ncc(SCc2cc(F)cc3cccnc23)s1. The summed E-state index contributed by atoms with van der Waals surface area (Å²) in [7, 11) is 0. The van der Waals surface area contributed by atoms with Gasteiger partial charge < -0.3 is 5.73 Å². The van der Waals surface area contributed by atoms with Gasteiger partial charge in [0.1, 0.15) is 5.82 Å². The van der Waals surface area contributed by atoms with Gasteiger partial charge in [-0.15, -0.1) is 11.8 Å². The van der Waals surface area contributed by atoms with Crippen LogP contribution in [0.15, 0.2) is 40.9 Å². The summed E-state index contributed by atoms with van der Waals surface area (Å²) in [4.78, 5) is 8.32. The van der Waals surface area contributed by atoms with Crippen molar-refractivity contribution >= 4 is 39.1 Å². The van der Waals surface area contributed by atoms with Crippen molar-refractivity contribution in [1.29, 1.82) is 0 Å². The van der Waals surface area contributed by atoms with Crippen LogP contribution >= 0.6 is 23.1 Å². The van der Waals surface area contributed by atoms with Gasteiger partial charge in [0.2, 0.25) is 0 Å². The number of nitrogen functional groups attached to an aromatic ring is 1. The summed E-state index contributed by atoms with van der Waals surface area (Å²) in [6.45, 7) is 0. The zero-order valence-electron chi connectivity index (χ0n) is 9.84. The van der Waals surface area contributed by atoms with E-state index in [4.69, 9.17) is 5.73 Å². The molecule has 0 unspecified atom stereocenters. The minimum Gasteiger partial charge on any atom is -0.375 e. The average Bonchev–Trinajstić information content (AvgIpc) is 2.81. The summed E-state index contributed by atoms with van der Waals surface area (Å²) < 4.78 is 14.6. The fraction of sp³-hybridized carbons (Fsp3) is 0.0769. The van der Waals surface area contributed by atoms with Crippen LogP contribution in [-0.4, -0.2) is 9.97 Å². The molecule has 96 valence electrons. The molecule has 0 aliphatic heterocycles. The predicted molar refractivity (Wildman–Crippen MR) is 77.8 cm³/mol. The topological polar surface area (TPSA) is 51.8 Å². The van der Waals surface area contributed by atoms with E-state index >= 15 is 0 Å². The number of aromatic nitrogens is 2. The van der Waals surface area contributed by atoms with Gasteiger partial charge in [0, 0.05) is 17.3 Å². The zero-order chi connectivity index (χ0) is 13.2. The third kappa shape index (κ3) is 2.69. The van der Waals surface area contributed by atoms with Crippen molar-refractivity contribution in [2.75, 3.05) is 5.73 Å². The number of thiazole rings is 1. The maximum absolute atomic E-state index is 13.6. The molecule has 0 atom stereocenters. The van der Waals surface area contributed by atoms with Gasteiger partial charge in [-0.1, -0.05) is 17.4 Å². The minimum atomic E-state index is -0.236. The van der Waals surface area contributed by atoms with E-state index in [1.165, 1.54) is 23.5 Å². The summed E-state index contributed by atoms with van der Waals surface area (Å²) in [5, 5.41) is 1.37. The number of rotatable bonds is 3. The van der Waals surface area contributed by atoms with Crippen molar-refractivity contribution < 1.29 is 4.39 Å². The molecule has 0 spiro atoms. The van der Waals surface area contributed by atoms with E-state index in [1.54, 1.807) is 24.2 Å². The van der Waals surface area contributed by atoms with E-state index in [0.29, 0.717) is 10.9 Å². The predicted octanol–water partition coefficient (Wildman–Crippen LogP) is 3.70. The van der Waals surface area contributed by atoms with Crippen LogP contribution in [0.3, 0.4) is 0 Å². The van der Waals surface area contributed by atoms with Gasteiger partial charge >= 0.3 is 0 Å². The molecule has 2 heterocycles. The van der Waals surface area contributed by atoms with Crippen molar-refractivity contribution in [3.63, 3.8) is 0 Å². The number of benzene rings is 1. The number of hydrogen-bond acceptors (Lipinski definition) is 5. The molecule has 19 heavy (non-hydrogen) atoms. The fourth-order valence-corrected chi connectivity index (χ4v) is 3.56. The molecular formula is C13H10FN3S2. The summed E-state index contributed by atoms with van der Waals surface area (Å²) in [5.41, 5.74) is 7.31. The Kier molecular flexibility index (Phi) is 3.35. The maximum atomic E-state index is 13.6. The van der Waals surface area contributed by atoms with Crippen molar-refractivity contribution in [1.82, 2.24) is 9.97 Å². The smallest absolute Gasteiger partial charge is 0.181 e. The normalized spacial score (nSPS) is 11.0. The van der Waals surface area contributed by atoms with Crippen molar-refractivity contribution in [3.05, 3.63) is 48.0 Å². The monoisotopic (exact) mass is 291 g/mol. The molecule has 0 aliphatic rings. The number of thioether (sulfide) groups is 1. The lowest BCUT2D eigenvalue weighted by molar-refractivity contribution is 0.628. The molecule has 0 fully saturated rings. The third-order valence-corrected chi connectivity index (χ3v) is 4.69. The molecule has 3 rings (SSSR count). The summed E-state index contributed by atoms with van der Waals surface area (Å²) >= 11 is 3.02. The Morgan fingerprint density at radius 2 is 2.21 bits per heavy atom. The molecule has 0 amide bonds. The van der Waals surface area contributed by atoms with Gasteiger partial charge in [-0.3, -0.25) is 4.98 Å². The first-order chi connectivity index (χ1) is 9.22. The van der Waals surface area contributed by atoms with Crippen LogP contribution in [0.1, 0.15) is 5.56 Å². The molecule has 2 N–H and O–H groups in total. The van der Waals surface area contributed by atoms with E-state index in [-0.39, 0.29) is 5.82 Å². The largest absolute Gasteiger partial charge is 0.375 e. The highest BCUT2D eigenvalue weighted by molar-refractivity contribution is 8.00. The Morgan fingerprint density at radius 3 is 3.00 bits per heavy atom. The number of nitrogens with zero attached hydrogens (tertiary/aromatic N) is 2. The zero-order valence-corrected chi connectivity index (χ0v) is 11.5. The van der Waals surface area contributed by atoms with Crippen LogP contribution in [0.5, 0.6) is 0 Å². The Balaban J connectivity index is 1.91. The molecule has 6 heteroatoms. The summed E-state index contributed by atoms with van der Waals surface area (Å²) in [6.07, 6.45) is 3.46. The molecule has 3 nitrogen and oxygen atoms in total. The molecule has 0 bridgehead atoms. The Labute approximate surface area is 117 Å². The molecule has 0 saturated heterocycles. The second kappa shape index (κ2) is 5.14. The second-order valence-corrected chi connectivity index (χ2v) is 6.28. The summed E-state index contributed by atoms with van der Waals surface area (Å²) in [6, 6.07) is 6.71. The number of anilines is 1. The van der Waals surface area contributed by atoms with Crippen LogP contribution in [0.4, 0.5) is 9.52 Å². The first kappa shape index (κ1) is 12.4. The highest BCUT2D eigenvalue weighted by Crippen LogP contribution is 2.31. The highest BCUT2D eigenvalue weighted by atomic mass is 32.2. The first-order valence-electron chi connectivity index (χ1n) is 5.59. The van der Waals surface area contributed by atoms with Crippen LogP contribution in [-0.2, 0) is 5.75 Å². The van der Waals surface area contributed by atoms with Gasteiger partial charge in [0.25, 0.3) is 0 Å². The number of fused-ring (bicyclic) bond motifs is 1. The van der Waals surface area contributed by atoms with E-state index in [1.807, 2.05) is 12.1 Å². The molecule has 0 aliphatic carbocycles. The van der Waals surface area contributed by atoms with Crippen molar-refractivity contribution in [2.24, 2.45) is 0 Å². The maximum Gasteiger partial charge on any atom is 0.181 e. The Morgan fingerprint density at radius 1 is 1.32 bits per heavy atom. The summed E-state index contributed by atoms with van der Waals surface area (Å²) in [5.74, 6) is 0.410. The number of pyridine rings is 1. The molecule has 2 aromatic heterocycles. The van der Waals surface area contributed by atoms with E-state index in [2.05, 4.69) is 9.97 Å². The lowest BCUT2D eigenvalue weighted by atomic mass is 10.1.